The highest BCUT2D eigenvalue weighted by molar-refractivity contribution is 5.71. The molecule has 0 aliphatic carbocycles. The summed E-state index contributed by atoms with van der Waals surface area (Å²) in [5.41, 5.74) is 0. The molecule has 0 rings (SSSR count). The zero-order valence-electron chi connectivity index (χ0n) is 40.9. The summed E-state index contributed by atoms with van der Waals surface area (Å²) in [5, 5.41) is 0. The number of allylic oxidation sites excluding steroid dienone is 4. The lowest BCUT2D eigenvalue weighted by Gasteiger charge is -2.18. The van der Waals surface area contributed by atoms with Gasteiger partial charge >= 0.3 is 17.9 Å². The average Bonchev–Trinajstić information content (AvgIpc) is 3.26. The molecular weight excluding hydrogens is 757 g/mol. The van der Waals surface area contributed by atoms with E-state index in [0.29, 0.717) is 19.3 Å². The van der Waals surface area contributed by atoms with Crippen LogP contribution < -0.4 is 0 Å². The molecule has 0 N–H and O–H groups in total. The summed E-state index contributed by atoms with van der Waals surface area (Å²) >= 11 is 0. The van der Waals surface area contributed by atoms with Crippen LogP contribution >= 0.6 is 0 Å². The number of esters is 3. The van der Waals surface area contributed by atoms with E-state index in [1.165, 1.54) is 186 Å². The largest absolute Gasteiger partial charge is 0.462 e. The summed E-state index contributed by atoms with van der Waals surface area (Å²) in [5.74, 6) is -0.859. The molecule has 0 aromatic carbocycles. The van der Waals surface area contributed by atoms with Crippen molar-refractivity contribution in [3.63, 3.8) is 0 Å². The van der Waals surface area contributed by atoms with Gasteiger partial charge in [-0.1, -0.05) is 244 Å². The quantitative estimate of drug-likeness (QED) is 0.0262. The molecule has 0 aromatic rings. The summed E-state index contributed by atoms with van der Waals surface area (Å²) in [6.07, 6.45) is 57.5. The fraction of sp³-hybridized carbons (Fsp3) is 0.873. The molecule has 61 heavy (non-hydrogen) atoms. The minimum absolute atomic E-state index is 0.0670. The highest BCUT2D eigenvalue weighted by Gasteiger charge is 2.19. The van der Waals surface area contributed by atoms with Gasteiger partial charge in [0.05, 0.1) is 0 Å². The Bertz CT molecular complexity index is 989. The van der Waals surface area contributed by atoms with E-state index in [1.807, 2.05) is 0 Å². The first-order valence-corrected chi connectivity index (χ1v) is 26.8. The van der Waals surface area contributed by atoms with Gasteiger partial charge in [0, 0.05) is 19.3 Å². The predicted octanol–water partition coefficient (Wildman–Crippen LogP) is 17.5. The standard InChI is InChI=1S/C55H102O6/c1-4-7-10-13-16-19-22-23-24-25-26-27-28-29-30-31-32-33-34-37-39-42-45-48-54(57)60-51-52(61-55(58)49-46-43-40-36-21-18-15-12-9-6-3)50-59-53(56)47-44-41-38-35-20-17-14-11-8-5-2/h22-23,25-26,52H,4-21,24,27-51H2,1-3H3/b23-22-,26-25-. The van der Waals surface area contributed by atoms with Crippen molar-refractivity contribution in [2.24, 2.45) is 0 Å². The fourth-order valence-electron chi connectivity index (χ4n) is 7.89. The van der Waals surface area contributed by atoms with Gasteiger partial charge in [0.15, 0.2) is 6.10 Å². The molecule has 6 heteroatoms. The molecule has 0 spiro atoms. The number of rotatable bonds is 49. The first-order chi connectivity index (χ1) is 30.0. The van der Waals surface area contributed by atoms with Gasteiger partial charge in [-0.15, -0.1) is 0 Å². The van der Waals surface area contributed by atoms with E-state index < -0.39 is 6.10 Å². The second-order valence-corrected chi connectivity index (χ2v) is 18.2. The van der Waals surface area contributed by atoms with Crippen LogP contribution in [0.25, 0.3) is 0 Å². The maximum absolute atomic E-state index is 12.7. The Morgan fingerprint density at radius 2 is 0.590 bits per heavy atom. The van der Waals surface area contributed by atoms with Crippen molar-refractivity contribution in [3.8, 4) is 0 Å². The normalized spacial score (nSPS) is 12.1. The smallest absolute Gasteiger partial charge is 0.306 e. The monoisotopic (exact) mass is 859 g/mol. The van der Waals surface area contributed by atoms with E-state index >= 15 is 0 Å². The lowest BCUT2D eigenvalue weighted by Crippen LogP contribution is -2.30. The van der Waals surface area contributed by atoms with Gasteiger partial charge in [-0.2, -0.15) is 0 Å². The highest BCUT2D eigenvalue weighted by atomic mass is 16.6. The van der Waals surface area contributed by atoms with Gasteiger partial charge in [0.1, 0.15) is 13.2 Å². The predicted molar refractivity (Wildman–Crippen MR) is 261 cm³/mol. The van der Waals surface area contributed by atoms with Crippen LogP contribution in [-0.4, -0.2) is 37.2 Å². The first-order valence-electron chi connectivity index (χ1n) is 26.8. The van der Waals surface area contributed by atoms with Crippen LogP contribution in [0.5, 0.6) is 0 Å². The van der Waals surface area contributed by atoms with Crippen LogP contribution in [0.3, 0.4) is 0 Å². The molecule has 0 bridgehead atoms. The van der Waals surface area contributed by atoms with Crippen molar-refractivity contribution in [1.29, 1.82) is 0 Å². The number of ether oxygens (including phenoxy) is 3. The number of hydrogen-bond acceptors (Lipinski definition) is 6. The van der Waals surface area contributed by atoms with E-state index in [0.717, 1.165) is 64.2 Å². The molecule has 0 saturated heterocycles. The second-order valence-electron chi connectivity index (χ2n) is 18.2. The lowest BCUT2D eigenvalue weighted by atomic mass is 10.0. The summed E-state index contributed by atoms with van der Waals surface area (Å²) in [6, 6.07) is 0. The third-order valence-electron chi connectivity index (χ3n) is 12.0. The van der Waals surface area contributed by atoms with Crippen molar-refractivity contribution in [1.82, 2.24) is 0 Å². The number of carbonyl (C=O) groups excluding carboxylic acids is 3. The van der Waals surface area contributed by atoms with Gasteiger partial charge in [-0.05, 0) is 51.4 Å². The maximum Gasteiger partial charge on any atom is 0.306 e. The van der Waals surface area contributed by atoms with Crippen LogP contribution in [0, 0.1) is 0 Å². The molecule has 0 aliphatic heterocycles. The molecule has 0 fully saturated rings. The topological polar surface area (TPSA) is 78.9 Å². The van der Waals surface area contributed by atoms with E-state index in [4.69, 9.17) is 14.2 Å². The summed E-state index contributed by atoms with van der Waals surface area (Å²) < 4.78 is 16.8. The zero-order valence-corrected chi connectivity index (χ0v) is 40.9. The number of carbonyl (C=O) groups is 3. The average molecular weight is 859 g/mol. The summed E-state index contributed by atoms with van der Waals surface area (Å²) in [7, 11) is 0. The first kappa shape index (κ1) is 58.9. The van der Waals surface area contributed by atoms with Crippen LogP contribution in [0.1, 0.15) is 290 Å². The molecule has 0 radical (unpaired) electrons. The highest BCUT2D eigenvalue weighted by Crippen LogP contribution is 2.16. The van der Waals surface area contributed by atoms with Gasteiger partial charge < -0.3 is 14.2 Å². The Labute approximate surface area is 379 Å². The summed E-state index contributed by atoms with van der Waals surface area (Å²) in [6.45, 7) is 6.63. The van der Waals surface area contributed by atoms with Gasteiger partial charge in [-0.3, -0.25) is 14.4 Å². The molecular formula is C55H102O6. The minimum Gasteiger partial charge on any atom is -0.462 e. The van der Waals surface area contributed by atoms with E-state index in [2.05, 4.69) is 45.1 Å². The van der Waals surface area contributed by atoms with Gasteiger partial charge in [0.2, 0.25) is 0 Å². The van der Waals surface area contributed by atoms with E-state index in [1.54, 1.807) is 0 Å². The van der Waals surface area contributed by atoms with Crippen LogP contribution in [-0.2, 0) is 28.6 Å². The third-order valence-corrected chi connectivity index (χ3v) is 12.0. The lowest BCUT2D eigenvalue weighted by molar-refractivity contribution is -0.167. The summed E-state index contributed by atoms with van der Waals surface area (Å²) in [4.78, 5) is 37.8. The Kier molecular flexibility index (Phi) is 48.8. The number of hydrogen-bond donors (Lipinski definition) is 0. The van der Waals surface area contributed by atoms with Crippen LogP contribution in [0.4, 0.5) is 0 Å². The Hall–Kier alpha value is -2.11. The van der Waals surface area contributed by atoms with Gasteiger partial charge in [-0.25, -0.2) is 0 Å². The number of unbranched alkanes of at least 4 members (excludes halogenated alkanes) is 34. The van der Waals surface area contributed by atoms with Crippen molar-refractivity contribution >= 4 is 17.9 Å². The Morgan fingerprint density at radius 3 is 0.902 bits per heavy atom. The fourth-order valence-corrected chi connectivity index (χ4v) is 7.89. The molecule has 0 aromatic heterocycles. The van der Waals surface area contributed by atoms with Crippen molar-refractivity contribution in [3.05, 3.63) is 24.3 Å². The van der Waals surface area contributed by atoms with Crippen LogP contribution in [0.2, 0.25) is 0 Å². The zero-order chi connectivity index (χ0) is 44.4. The molecule has 0 amide bonds. The second kappa shape index (κ2) is 50.5. The molecule has 358 valence electrons. The Morgan fingerprint density at radius 1 is 0.328 bits per heavy atom. The maximum atomic E-state index is 12.7. The minimum atomic E-state index is -0.764. The third kappa shape index (κ3) is 48.8. The van der Waals surface area contributed by atoms with Crippen molar-refractivity contribution in [2.75, 3.05) is 13.2 Å². The molecule has 1 atom stereocenters. The molecule has 0 heterocycles. The molecule has 0 aliphatic rings. The van der Waals surface area contributed by atoms with E-state index in [9.17, 15) is 14.4 Å². The van der Waals surface area contributed by atoms with E-state index in [-0.39, 0.29) is 31.1 Å². The molecule has 1 unspecified atom stereocenters. The molecule has 0 saturated carbocycles. The van der Waals surface area contributed by atoms with Crippen LogP contribution in [0.15, 0.2) is 24.3 Å². The molecule has 6 nitrogen and oxygen atoms in total. The van der Waals surface area contributed by atoms with Crippen molar-refractivity contribution < 1.29 is 28.6 Å². The van der Waals surface area contributed by atoms with Gasteiger partial charge in [0.25, 0.3) is 0 Å². The van der Waals surface area contributed by atoms with Crippen molar-refractivity contribution in [2.45, 2.75) is 297 Å². The SMILES string of the molecule is CCCCCCC/C=C\C/C=C\CCCCCCCCCCCCCC(=O)OCC(COC(=O)CCCCCCCCCCCC)OC(=O)CCCCCCCCCCCC. The Balaban J connectivity index is 4.16.